The highest BCUT2D eigenvalue weighted by atomic mass is 32.2. The smallest absolute Gasteiger partial charge is 0.184 e. The molecule has 1 fully saturated rings. The molecule has 1 aliphatic heterocycles. The standard InChI is InChI=1S/C20H24O5S/c1-13-12-24-20(14-8-4-2-5-9-14)25-18(13)16(21)17(22)19(23)26-15-10-6-3-7-11-15/h2-11,13,16-23H,12H2,1H3. The second kappa shape index (κ2) is 8.99. The Morgan fingerprint density at radius 3 is 2.23 bits per heavy atom. The van der Waals surface area contributed by atoms with Crippen molar-refractivity contribution in [3.05, 3.63) is 66.2 Å². The van der Waals surface area contributed by atoms with Crippen LogP contribution in [0.15, 0.2) is 65.6 Å². The van der Waals surface area contributed by atoms with Crippen LogP contribution in [-0.4, -0.2) is 45.7 Å². The zero-order valence-electron chi connectivity index (χ0n) is 14.5. The van der Waals surface area contributed by atoms with Crippen molar-refractivity contribution < 1.29 is 24.8 Å². The van der Waals surface area contributed by atoms with Crippen molar-refractivity contribution >= 4 is 11.8 Å². The van der Waals surface area contributed by atoms with Gasteiger partial charge in [-0.05, 0) is 12.1 Å². The van der Waals surface area contributed by atoms with Crippen LogP contribution >= 0.6 is 11.8 Å². The molecule has 1 aliphatic rings. The highest BCUT2D eigenvalue weighted by molar-refractivity contribution is 7.99. The molecule has 6 heteroatoms. The van der Waals surface area contributed by atoms with Gasteiger partial charge in [-0.15, -0.1) is 0 Å². The molecule has 1 saturated heterocycles. The third-order valence-electron chi connectivity index (χ3n) is 4.40. The van der Waals surface area contributed by atoms with Crippen molar-refractivity contribution in [3.63, 3.8) is 0 Å². The molecule has 1 heterocycles. The predicted molar refractivity (Wildman–Crippen MR) is 99.5 cm³/mol. The Morgan fingerprint density at radius 2 is 1.58 bits per heavy atom. The summed E-state index contributed by atoms with van der Waals surface area (Å²) in [5, 5.41) is 31.4. The Hall–Kier alpha value is -1.41. The van der Waals surface area contributed by atoms with E-state index in [0.717, 1.165) is 22.2 Å². The zero-order chi connectivity index (χ0) is 18.5. The number of rotatable bonds is 6. The summed E-state index contributed by atoms with van der Waals surface area (Å²) < 4.78 is 11.6. The molecule has 0 aromatic heterocycles. The van der Waals surface area contributed by atoms with Crippen molar-refractivity contribution in [2.45, 2.75) is 41.9 Å². The summed E-state index contributed by atoms with van der Waals surface area (Å²) in [4.78, 5) is 0.814. The number of hydrogen-bond acceptors (Lipinski definition) is 6. The summed E-state index contributed by atoms with van der Waals surface area (Å²) in [7, 11) is 0. The number of benzene rings is 2. The predicted octanol–water partition coefficient (Wildman–Crippen LogP) is 2.57. The first-order valence-electron chi connectivity index (χ1n) is 8.64. The lowest BCUT2D eigenvalue weighted by Gasteiger charge is -2.39. The SMILES string of the molecule is CC1COC(c2ccccc2)OC1C(O)C(O)C(O)Sc1ccccc1. The Bertz CT molecular complexity index is 668. The van der Waals surface area contributed by atoms with Gasteiger partial charge in [0.25, 0.3) is 0 Å². The van der Waals surface area contributed by atoms with Crippen LogP contribution in [0.25, 0.3) is 0 Å². The highest BCUT2D eigenvalue weighted by Gasteiger charge is 2.40. The van der Waals surface area contributed by atoms with Crippen molar-refractivity contribution in [2.24, 2.45) is 5.92 Å². The Balaban J connectivity index is 1.65. The summed E-state index contributed by atoms with van der Waals surface area (Å²) in [5.74, 6) is -0.117. The molecule has 3 N–H and O–H groups in total. The zero-order valence-corrected chi connectivity index (χ0v) is 15.3. The average molecular weight is 376 g/mol. The first-order valence-corrected chi connectivity index (χ1v) is 9.52. The van der Waals surface area contributed by atoms with E-state index >= 15 is 0 Å². The van der Waals surface area contributed by atoms with Gasteiger partial charge >= 0.3 is 0 Å². The molecule has 26 heavy (non-hydrogen) atoms. The maximum Gasteiger partial charge on any atom is 0.184 e. The quantitative estimate of drug-likeness (QED) is 0.531. The van der Waals surface area contributed by atoms with Crippen LogP contribution in [0.3, 0.4) is 0 Å². The normalized spacial score (nSPS) is 26.8. The minimum atomic E-state index is -1.35. The molecule has 6 atom stereocenters. The Morgan fingerprint density at radius 1 is 0.962 bits per heavy atom. The molecule has 6 unspecified atom stereocenters. The summed E-state index contributed by atoms with van der Waals surface area (Å²) in [6, 6.07) is 18.7. The third-order valence-corrected chi connectivity index (χ3v) is 5.47. The van der Waals surface area contributed by atoms with Crippen LogP contribution in [0, 0.1) is 5.92 Å². The largest absolute Gasteiger partial charge is 0.388 e. The van der Waals surface area contributed by atoms with Gasteiger partial charge in [0.1, 0.15) is 17.6 Å². The highest BCUT2D eigenvalue weighted by Crippen LogP contribution is 2.33. The van der Waals surface area contributed by atoms with Gasteiger partial charge in [0.05, 0.1) is 12.7 Å². The first-order chi connectivity index (χ1) is 12.6. The van der Waals surface area contributed by atoms with Gasteiger partial charge in [0.15, 0.2) is 6.29 Å². The monoisotopic (exact) mass is 376 g/mol. The van der Waals surface area contributed by atoms with Crippen molar-refractivity contribution in [2.75, 3.05) is 6.61 Å². The van der Waals surface area contributed by atoms with E-state index < -0.39 is 30.0 Å². The van der Waals surface area contributed by atoms with Gasteiger partial charge in [-0.3, -0.25) is 0 Å². The molecule has 140 valence electrons. The molecule has 0 amide bonds. The van der Waals surface area contributed by atoms with Crippen LogP contribution in [0.4, 0.5) is 0 Å². The van der Waals surface area contributed by atoms with E-state index in [1.54, 1.807) is 0 Å². The lowest BCUT2D eigenvalue weighted by Crippen LogP contribution is -2.50. The van der Waals surface area contributed by atoms with E-state index in [4.69, 9.17) is 9.47 Å². The third kappa shape index (κ3) is 4.65. The molecule has 2 aromatic rings. The molecule has 0 radical (unpaired) electrons. The van der Waals surface area contributed by atoms with E-state index in [2.05, 4.69) is 0 Å². The fourth-order valence-corrected chi connectivity index (χ4v) is 3.82. The van der Waals surface area contributed by atoms with E-state index in [9.17, 15) is 15.3 Å². The maximum absolute atomic E-state index is 10.6. The minimum absolute atomic E-state index is 0.117. The van der Waals surface area contributed by atoms with Gasteiger partial charge in [-0.25, -0.2) is 0 Å². The van der Waals surface area contributed by atoms with Gasteiger partial charge in [0, 0.05) is 16.4 Å². The number of ether oxygens (including phenoxy) is 2. The molecule has 2 aromatic carbocycles. The second-order valence-electron chi connectivity index (χ2n) is 6.46. The van der Waals surface area contributed by atoms with Crippen LogP contribution in [-0.2, 0) is 9.47 Å². The van der Waals surface area contributed by atoms with E-state index in [-0.39, 0.29) is 5.92 Å². The maximum atomic E-state index is 10.6. The fourth-order valence-electron chi connectivity index (χ4n) is 2.92. The van der Waals surface area contributed by atoms with Gasteiger partial charge in [-0.1, -0.05) is 67.2 Å². The van der Waals surface area contributed by atoms with Crippen LogP contribution < -0.4 is 0 Å². The first kappa shape index (κ1) is 19.4. The van der Waals surface area contributed by atoms with E-state index in [0.29, 0.717) is 6.61 Å². The lowest BCUT2D eigenvalue weighted by molar-refractivity contribution is -0.268. The molecule has 0 bridgehead atoms. The van der Waals surface area contributed by atoms with Crippen LogP contribution in [0.1, 0.15) is 18.8 Å². The van der Waals surface area contributed by atoms with Crippen molar-refractivity contribution in [1.29, 1.82) is 0 Å². The van der Waals surface area contributed by atoms with Crippen LogP contribution in [0.2, 0.25) is 0 Å². The summed E-state index contributed by atoms with van der Waals surface area (Å²) in [6.45, 7) is 2.29. The summed E-state index contributed by atoms with van der Waals surface area (Å²) in [5.41, 5.74) is -0.313. The minimum Gasteiger partial charge on any atom is -0.388 e. The fraction of sp³-hybridized carbons (Fsp3) is 0.400. The van der Waals surface area contributed by atoms with E-state index in [1.807, 2.05) is 67.6 Å². The molecule has 0 spiro atoms. The number of thioether (sulfide) groups is 1. The van der Waals surface area contributed by atoms with Gasteiger partial charge in [0.2, 0.25) is 0 Å². The lowest BCUT2D eigenvalue weighted by atomic mass is 9.95. The summed E-state index contributed by atoms with van der Waals surface area (Å²) >= 11 is 1.10. The molecule has 0 saturated carbocycles. The topological polar surface area (TPSA) is 79.2 Å². The van der Waals surface area contributed by atoms with E-state index in [1.165, 1.54) is 0 Å². The number of aliphatic hydroxyl groups excluding tert-OH is 3. The average Bonchev–Trinajstić information content (AvgIpc) is 2.68. The van der Waals surface area contributed by atoms with Crippen LogP contribution in [0.5, 0.6) is 0 Å². The van der Waals surface area contributed by atoms with Gasteiger partial charge < -0.3 is 24.8 Å². The summed E-state index contributed by atoms with van der Waals surface area (Å²) in [6.07, 6.45) is -3.82. The molecule has 0 aliphatic carbocycles. The van der Waals surface area contributed by atoms with Gasteiger partial charge in [-0.2, -0.15) is 0 Å². The van der Waals surface area contributed by atoms with Crippen molar-refractivity contribution in [1.82, 2.24) is 0 Å². The molecular formula is C20H24O5S. The Labute approximate surface area is 157 Å². The number of hydrogen-bond donors (Lipinski definition) is 3. The molecule has 5 nitrogen and oxygen atoms in total. The second-order valence-corrected chi connectivity index (χ2v) is 7.65. The van der Waals surface area contributed by atoms with Crippen molar-refractivity contribution in [3.8, 4) is 0 Å². The molecule has 3 rings (SSSR count). The molecular weight excluding hydrogens is 352 g/mol. The Kier molecular flexibility index (Phi) is 6.69. The number of aliphatic hydroxyl groups is 3.